The Hall–Kier alpha value is -3.75. The molecule has 0 amide bonds. The van der Waals surface area contributed by atoms with Crippen LogP contribution in [0.15, 0.2) is 60.1 Å². The van der Waals surface area contributed by atoms with Crippen LogP contribution in [-0.4, -0.2) is 27.9 Å². The minimum absolute atomic E-state index is 0.141. The number of aromatic nitrogens is 3. The molecule has 0 radical (unpaired) electrons. The quantitative estimate of drug-likeness (QED) is 0.313. The van der Waals surface area contributed by atoms with E-state index in [0.29, 0.717) is 23.0 Å². The van der Waals surface area contributed by atoms with Crippen molar-refractivity contribution in [3.63, 3.8) is 0 Å². The summed E-state index contributed by atoms with van der Waals surface area (Å²) < 4.78 is 44.1. The van der Waals surface area contributed by atoms with Gasteiger partial charge in [0.05, 0.1) is 13.7 Å². The van der Waals surface area contributed by atoms with Crippen molar-refractivity contribution in [1.82, 2.24) is 20.3 Å². The molecule has 0 aliphatic heterocycles. The molecule has 1 aromatic carbocycles. The zero-order valence-corrected chi connectivity index (χ0v) is 20.1. The van der Waals surface area contributed by atoms with E-state index >= 15 is 0 Å². The summed E-state index contributed by atoms with van der Waals surface area (Å²) in [6.45, 7) is 6.05. The highest BCUT2D eigenvalue weighted by Gasteiger charge is 2.32. The van der Waals surface area contributed by atoms with Gasteiger partial charge in [0, 0.05) is 35.3 Å². The van der Waals surface area contributed by atoms with Gasteiger partial charge in [0.15, 0.2) is 5.82 Å². The summed E-state index contributed by atoms with van der Waals surface area (Å²) in [5.41, 5.74) is 2.94. The summed E-state index contributed by atoms with van der Waals surface area (Å²) in [5.74, 6) is 1.73. The molecule has 3 rings (SSSR count). The maximum atomic E-state index is 12.8. The first kappa shape index (κ1) is 25.9. The Balaban J connectivity index is 2.02. The Labute approximate surface area is 203 Å². The summed E-state index contributed by atoms with van der Waals surface area (Å²) in [5, 5.41) is 3.23. The number of pyridine rings is 1. The Bertz CT molecular complexity index is 1190. The smallest absolute Gasteiger partial charge is 0.433 e. The van der Waals surface area contributed by atoms with Crippen LogP contribution in [0.4, 0.5) is 13.2 Å². The Morgan fingerprint density at radius 1 is 1.09 bits per heavy atom. The number of benzene rings is 1. The van der Waals surface area contributed by atoms with Gasteiger partial charge in [-0.2, -0.15) is 13.2 Å². The number of unbranched alkanes of at least 4 members (excludes halogenated alkanes) is 1. The average molecular weight is 484 g/mol. The molecule has 3 aromatic rings. The Morgan fingerprint density at radius 3 is 2.43 bits per heavy atom. The number of rotatable bonds is 8. The number of hydrogen-bond donors (Lipinski definition) is 1. The number of ether oxygens (including phenoxy) is 1. The van der Waals surface area contributed by atoms with E-state index in [4.69, 9.17) is 4.74 Å². The summed E-state index contributed by atoms with van der Waals surface area (Å²) in [7, 11) is 1.59. The molecular weight excluding hydrogens is 455 g/mol. The molecule has 2 heterocycles. The van der Waals surface area contributed by atoms with Gasteiger partial charge in [0.1, 0.15) is 17.3 Å². The van der Waals surface area contributed by atoms with Crippen molar-refractivity contribution in [3.8, 4) is 17.1 Å². The number of aliphatic imine (C=N–C) groups is 1. The van der Waals surface area contributed by atoms with Crippen LogP contribution in [0.25, 0.3) is 11.4 Å². The molecule has 9 heteroatoms. The fourth-order valence-electron chi connectivity index (χ4n) is 3.27. The third kappa shape index (κ3) is 6.88. The van der Waals surface area contributed by atoms with Crippen LogP contribution in [0, 0.1) is 13.8 Å². The van der Waals surface area contributed by atoms with Crippen LogP contribution < -0.4 is 10.1 Å². The summed E-state index contributed by atoms with van der Waals surface area (Å²) in [6.07, 6.45) is 5.89. The highest BCUT2D eigenvalue weighted by atomic mass is 19.4. The Kier molecular flexibility index (Phi) is 8.57. The topological polar surface area (TPSA) is 72.3 Å². The number of aryl methyl sites for hydroxylation is 1. The van der Waals surface area contributed by atoms with Crippen LogP contribution in [0.2, 0.25) is 0 Å². The van der Waals surface area contributed by atoms with Crippen molar-refractivity contribution in [1.29, 1.82) is 0 Å². The standard InChI is InChI=1S/C26H28F3N5O/c1-5-6-7-10-30-25(34-16-19-8-9-23(31-15-19)26(27,28)29)21-11-20(12-22(35-4)18(21)3)24-32-13-17(2)14-33-24/h7-15H,5-6,16H2,1-4H3,(H,30,34)/b10-7+. The molecule has 0 atom stereocenters. The van der Waals surface area contributed by atoms with Gasteiger partial charge in [-0.05, 0) is 55.8 Å². The van der Waals surface area contributed by atoms with Gasteiger partial charge in [-0.25, -0.2) is 9.97 Å². The molecule has 0 saturated heterocycles. The minimum atomic E-state index is -4.48. The van der Waals surface area contributed by atoms with Crippen molar-refractivity contribution in [3.05, 3.63) is 83.1 Å². The van der Waals surface area contributed by atoms with Crippen LogP contribution in [0.5, 0.6) is 5.75 Å². The normalized spacial score (nSPS) is 12.3. The van der Waals surface area contributed by atoms with Crippen molar-refractivity contribution in [2.75, 3.05) is 7.11 Å². The Morgan fingerprint density at radius 2 is 1.83 bits per heavy atom. The molecule has 0 bridgehead atoms. The maximum absolute atomic E-state index is 12.8. The number of hydrogen-bond acceptors (Lipinski definition) is 5. The molecule has 0 unspecified atom stereocenters. The lowest BCUT2D eigenvalue weighted by molar-refractivity contribution is -0.141. The predicted molar refractivity (Wildman–Crippen MR) is 130 cm³/mol. The third-order valence-electron chi connectivity index (χ3n) is 5.20. The highest BCUT2D eigenvalue weighted by Crippen LogP contribution is 2.29. The van der Waals surface area contributed by atoms with Gasteiger partial charge in [0.2, 0.25) is 0 Å². The second-order valence-corrected chi connectivity index (χ2v) is 7.98. The van der Waals surface area contributed by atoms with Gasteiger partial charge in [-0.15, -0.1) is 0 Å². The number of allylic oxidation sites excluding steroid dienone is 1. The van der Waals surface area contributed by atoms with Crippen LogP contribution in [-0.2, 0) is 12.7 Å². The highest BCUT2D eigenvalue weighted by molar-refractivity contribution is 6.02. The van der Waals surface area contributed by atoms with Crippen LogP contribution >= 0.6 is 0 Å². The largest absolute Gasteiger partial charge is 0.496 e. The lowest BCUT2D eigenvalue weighted by Gasteiger charge is -2.15. The predicted octanol–water partition coefficient (Wildman–Crippen LogP) is 6.03. The number of alkyl halides is 3. The van der Waals surface area contributed by atoms with Crippen LogP contribution in [0.1, 0.15) is 47.7 Å². The van der Waals surface area contributed by atoms with Gasteiger partial charge in [0.25, 0.3) is 0 Å². The van der Waals surface area contributed by atoms with Crippen molar-refractivity contribution in [2.45, 2.75) is 46.3 Å². The van der Waals surface area contributed by atoms with E-state index in [-0.39, 0.29) is 6.54 Å². The second kappa shape index (κ2) is 11.6. The number of halogens is 3. The van der Waals surface area contributed by atoms with E-state index in [2.05, 4.69) is 32.2 Å². The molecule has 0 aliphatic rings. The molecule has 0 saturated carbocycles. The summed E-state index contributed by atoms with van der Waals surface area (Å²) in [6, 6.07) is 6.14. The summed E-state index contributed by atoms with van der Waals surface area (Å²) >= 11 is 0. The number of nitrogens with zero attached hydrogens (tertiary/aromatic N) is 4. The molecule has 184 valence electrons. The SMILES string of the molecule is CCC/C=C/NC(=NCc1ccc(C(F)(F)F)nc1)c1cc(-c2ncc(C)cn2)cc(OC)c1C. The molecule has 0 fully saturated rings. The molecule has 2 aromatic heterocycles. The van der Waals surface area contributed by atoms with Gasteiger partial charge >= 0.3 is 6.18 Å². The molecular formula is C26H28F3N5O. The third-order valence-corrected chi connectivity index (χ3v) is 5.20. The zero-order chi connectivity index (χ0) is 25.4. The van der Waals surface area contributed by atoms with E-state index in [1.54, 1.807) is 19.5 Å². The molecule has 0 aliphatic carbocycles. The monoisotopic (exact) mass is 483 g/mol. The zero-order valence-electron chi connectivity index (χ0n) is 20.1. The lowest BCUT2D eigenvalue weighted by Crippen LogP contribution is -2.21. The van der Waals surface area contributed by atoms with E-state index in [1.807, 2.05) is 38.3 Å². The summed E-state index contributed by atoms with van der Waals surface area (Å²) in [4.78, 5) is 17.0. The molecule has 35 heavy (non-hydrogen) atoms. The van der Waals surface area contributed by atoms with Crippen LogP contribution in [0.3, 0.4) is 0 Å². The van der Waals surface area contributed by atoms with Crippen molar-refractivity contribution < 1.29 is 17.9 Å². The van der Waals surface area contributed by atoms with Gasteiger partial charge in [-0.3, -0.25) is 9.98 Å². The van der Waals surface area contributed by atoms with E-state index in [0.717, 1.165) is 41.2 Å². The van der Waals surface area contributed by atoms with Gasteiger partial charge in [-0.1, -0.05) is 25.5 Å². The molecule has 6 nitrogen and oxygen atoms in total. The fraction of sp³-hybridized carbons (Fsp3) is 0.308. The maximum Gasteiger partial charge on any atom is 0.433 e. The number of nitrogens with one attached hydrogen (secondary N) is 1. The van der Waals surface area contributed by atoms with E-state index in [1.165, 1.54) is 12.3 Å². The lowest BCUT2D eigenvalue weighted by atomic mass is 10.0. The number of amidine groups is 1. The van der Waals surface area contributed by atoms with Crippen molar-refractivity contribution in [2.24, 2.45) is 4.99 Å². The van der Waals surface area contributed by atoms with E-state index in [9.17, 15) is 13.2 Å². The number of methoxy groups -OCH3 is 1. The first-order valence-corrected chi connectivity index (χ1v) is 11.2. The molecule has 1 N–H and O–H groups in total. The minimum Gasteiger partial charge on any atom is -0.496 e. The van der Waals surface area contributed by atoms with E-state index < -0.39 is 11.9 Å². The van der Waals surface area contributed by atoms with Crippen molar-refractivity contribution >= 4 is 5.84 Å². The molecule has 0 spiro atoms. The van der Waals surface area contributed by atoms with Gasteiger partial charge < -0.3 is 10.1 Å². The first-order valence-electron chi connectivity index (χ1n) is 11.2. The first-order chi connectivity index (χ1) is 16.7. The second-order valence-electron chi connectivity index (χ2n) is 7.98. The average Bonchev–Trinajstić information content (AvgIpc) is 2.84. The fourth-order valence-corrected chi connectivity index (χ4v) is 3.27.